The van der Waals surface area contributed by atoms with Gasteiger partial charge < -0.3 is 0 Å². The smallest absolute Gasteiger partial charge is 0.0920 e. The fourth-order valence-electron chi connectivity index (χ4n) is 4.98. The van der Waals surface area contributed by atoms with Gasteiger partial charge in [0.05, 0.1) is 9.52 Å². The van der Waals surface area contributed by atoms with Crippen LogP contribution in [0.15, 0.2) is 91.0 Å². The first-order valence-corrected chi connectivity index (χ1v) is 20.2. The molecule has 38 heavy (non-hydrogen) atoms. The molecule has 0 saturated carbocycles. The summed E-state index contributed by atoms with van der Waals surface area (Å²) in [6, 6.07) is 36.3. The SMILES string of the molecule is CCc1ccccc1-c1c(C)ccc2[cH-]c(C(C)(C)C)cc12.[Cl][Zr+2][Cl].[c-]1cccc2c1[Si]c1ccccc1-2. The first kappa shape index (κ1) is 29.2. The molecule has 1 aliphatic rings. The number of hydrogen-bond donors (Lipinski definition) is 0. The monoisotopic (exact) mass is 628 g/mol. The van der Waals surface area contributed by atoms with Crippen LogP contribution in [0.1, 0.15) is 44.4 Å². The summed E-state index contributed by atoms with van der Waals surface area (Å²) in [5.41, 5.74) is 9.96. The van der Waals surface area contributed by atoms with Gasteiger partial charge in [-0.3, -0.25) is 0 Å². The standard InChI is InChI=1S/C22H25.C12H7Si.2ClH.Zr/c1-6-16-9-7-8-10-19(16)21-15(2)11-12-17-13-18(14-20(17)21)22(3,4)5;1-3-7-11-9(5-1)10-6-2-4-8-12(10)13-11;;;/h7-14H,6H2,1-5H3;1-7H;2*1H;/q2*-1;;;+4/p-2. The van der Waals surface area contributed by atoms with Gasteiger partial charge in [-0.2, -0.15) is 35.5 Å². The molecule has 0 nitrogen and oxygen atoms in total. The predicted octanol–water partition coefficient (Wildman–Crippen LogP) is 8.89. The second kappa shape index (κ2) is 13.0. The van der Waals surface area contributed by atoms with Gasteiger partial charge in [-0.1, -0.05) is 98.1 Å². The number of rotatable bonds is 2. The molecule has 0 saturated heterocycles. The Bertz CT molecular complexity index is 1480. The average molecular weight is 631 g/mol. The molecule has 190 valence electrons. The molecular weight excluding hydrogens is 599 g/mol. The zero-order chi connectivity index (χ0) is 27.3. The molecule has 5 aromatic carbocycles. The van der Waals surface area contributed by atoms with E-state index in [1.807, 2.05) is 6.07 Å². The van der Waals surface area contributed by atoms with E-state index in [4.69, 9.17) is 17.0 Å². The molecule has 6 rings (SSSR count). The molecule has 2 radical (unpaired) electrons. The van der Waals surface area contributed by atoms with E-state index in [9.17, 15) is 0 Å². The maximum Gasteiger partial charge on any atom is 0.0920 e. The Morgan fingerprint density at radius 1 is 0.868 bits per heavy atom. The summed E-state index contributed by atoms with van der Waals surface area (Å²) < 4.78 is 0. The summed E-state index contributed by atoms with van der Waals surface area (Å²) in [4.78, 5) is 0. The molecule has 1 aliphatic heterocycles. The Labute approximate surface area is 249 Å². The van der Waals surface area contributed by atoms with E-state index in [-0.39, 0.29) is 5.41 Å². The minimum atomic E-state index is -0.826. The first-order chi connectivity index (χ1) is 18.3. The molecule has 0 aromatic heterocycles. The van der Waals surface area contributed by atoms with Crippen LogP contribution >= 0.6 is 17.0 Å². The Balaban J connectivity index is 0.000000177. The van der Waals surface area contributed by atoms with Crippen molar-refractivity contribution >= 4 is 47.7 Å². The molecule has 1 heterocycles. The largest absolute Gasteiger partial charge is 0.184 e. The van der Waals surface area contributed by atoms with Crippen molar-refractivity contribution in [3.63, 3.8) is 0 Å². The third kappa shape index (κ3) is 6.48. The third-order valence-corrected chi connectivity index (χ3v) is 8.33. The van der Waals surface area contributed by atoms with Gasteiger partial charge >= 0.3 is 37.9 Å². The molecule has 5 aromatic rings. The van der Waals surface area contributed by atoms with Crippen molar-refractivity contribution in [2.75, 3.05) is 0 Å². The molecule has 0 fully saturated rings. The molecule has 0 N–H and O–H groups in total. The Kier molecular flexibility index (Phi) is 9.99. The number of halogens is 2. The number of aryl methyl sites for hydroxylation is 2. The first-order valence-electron chi connectivity index (χ1n) is 12.9. The van der Waals surface area contributed by atoms with Crippen molar-refractivity contribution in [2.24, 2.45) is 0 Å². The van der Waals surface area contributed by atoms with Crippen molar-refractivity contribution in [1.29, 1.82) is 0 Å². The third-order valence-electron chi connectivity index (χ3n) is 6.97. The van der Waals surface area contributed by atoms with Gasteiger partial charge in [0.1, 0.15) is 0 Å². The summed E-state index contributed by atoms with van der Waals surface area (Å²) in [7, 11) is 10.7. The van der Waals surface area contributed by atoms with Crippen molar-refractivity contribution in [1.82, 2.24) is 0 Å². The fraction of sp³-hybridized carbons (Fsp3) is 0.206. The maximum atomic E-state index is 4.93. The Morgan fingerprint density at radius 2 is 1.53 bits per heavy atom. The molecular formula is C34H32Cl2SiZr. The minimum absolute atomic E-state index is 0.189. The fourth-order valence-corrected chi connectivity index (χ4v) is 6.29. The number of fused-ring (bicyclic) bond motifs is 4. The average Bonchev–Trinajstić information content (AvgIpc) is 3.52. The second-order valence-electron chi connectivity index (χ2n) is 10.5. The number of benzene rings is 4. The zero-order valence-corrected chi connectivity index (χ0v) is 27.6. The van der Waals surface area contributed by atoms with Gasteiger partial charge in [-0.25, -0.2) is 0 Å². The van der Waals surface area contributed by atoms with Crippen LogP contribution in [0, 0.1) is 13.0 Å². The Morgan fingerprint density at radius 3 is 2.24 bits per heavy atom. The molecule has 0 bridgehead atoms. The summed E-state index contributed by atoms with van der Waals surface area (Å²) >= 11 is -0.826. The van der Waals surface area contributed by atoms with Crippen LogP contribution < -0.4 is 10.4 Å². The van der Waals surface area contributed by atoms with Crippen LogP contribution in [-0.4, -0.2) is 9.52 Å². The molecule has 0 spiro atoms. The van der Waals surface area contributed by atoms with Crippen LogP contribution in [0.25, 0.3) is 33.0 Å². The van der Waals surface area contributed by atoms with Crippen molar-refractivity contribution in [3.05, 3.63) is 114 Å². The van der Waals surface area contributed by atoms with Gasteiger partial charge in [0.15, 0.2) is 0 Å². The summed E-state index contributed by atoms with van der Waals surface area (Å²) in [6.07, 6.45) is 1.07. The van der Waals surface area contributed by atoms with Crippen LogP contribution in [0.2, 0.25) is 0 Å². The molecule has 4 heteroatoms. The summed E-state index contributed by atoms with van der Waals surface area (Å²) in [5, 5.41) is 5.57. The predicted molar refractivity (Wildman–Crippen MR) is 165 cm³/mol. The van der Waals surface area contributed by atoms with E-state index in [2.05, 4.69) is 126 Å². The second-order valence-corrected chi connectivity index (χ2v) is 15.5. The number of hydrogen-bond acceptors (Lipinski definition) is 0. The van der Waals surface area contributed by atoms with Gasteiger partial charge in [0.2, 0.25) is 0 Å². The van der Waals surface area contributed by atoms with Crippen molar-refractivity contribution in [2.45, 2.75) is 46.5 Å². The van der Waals surface area contributed by atoms with E-state index in [0.717, 1.165) is 15.9 Å². The van der Waals surface area contributed by atoms with Gasteiger partial charge in [-0.05, 0) is 29.9 Å². The van der Waals surface area contributed by atoms with E-state index < -0.39 is 20.8 Å². The van der Waals surface area contributed by atoms with Crippen LogP contribution in [-0.2, 0) is 32.7 Å². The quantitative estimate of drug-likeness (QED) is 0.132. The Hall–Kier alpha value is -1.83. The van der Waals surface area contributed by atoms with Gasteiger partial charge in [0, 0.05) is 0 Å². The van der Waals surface area contributed by atoms with Crippen LogP contribution in [0.5, 0.6) is 0 Å². The van der Waals surface area contributed by atoms with Gasteiger partial charge in [-0.15, -0.1) is 40.1 Å². The van der Waals surface area contributed by atoms with E-state index in [0.29, 0.717) is 0 Å². The van der Waals surface area contributed by atoms with Crippen LogP contribution in [0.4, 0.5) is 0 Å². The maximum absolute atomic E-state index is 4.93. The molecule has 0 aliphatic carbocycles. The topological polar surface area (TPSA) is 0 Å². The van der Waals surface area contributed by atoms with Crippen molar-refractivity contribution < 1.29 is 20.8 Å². The minimum Gasteiger partial charge on any atom is -0.184 e. The summed E-state index contributed by atoms with van der Waals surface area (Å²) in [5.74, 6) is 0. The normalized spacial score (nSPS) is 11.4. The van der Waals surface area contributed by atoms with Crippen LogP contribution in [0.3, 0.4) is 0 Å². The van der Waals surface area contributed by atoms with Gasteiger partial charge in [0.25, 0.3) is 0 Å². The molecule has 0 unspecified atom stereocenters. The van der Waals surface area contributed by atoms with E-state index in [1.54, 1.807) is 0 Å². The molecule has 0 amide bonds. The molecule has 0 atom stereocenters. The zero-order valence-electron chi connectivity index (χ0n) is 22.6. The van der Waals surface area contributed by atoms with E-state index >= 15 is 0 Å². The summed E-state index contributed by atoms with van der Waals surface area (Å²) in [6.45, 7) is 11.3. The van der Waals surface area contributed by atoms with E-state index in [1.165, 1.54) is 60.1 Å². The van der Waals surface area contributed by atoms with Crippen molar-refractivity contribution in [3.8, 4) is 22.3 Å².